The van der Waals surface area contributed by atoms with E-state index in [1.807, 2.05) is 13.8 Å². The highest BCUT2D eigenvalue weighted by Gasteiger charge is 2.21. The largest absolute Gasteiger partial charge is 0.354 e. The number of fused-ring (bicyclic) bond motifs is 1. The van der Waals surface area contributed by atoms with E-state index in [-0.39, 0.29) is 5.41 Å². The van der Waals surface area contributed by atoms with E-state index in [2.05, 4.69) is 35.3 Å². The predicted molar refractivity (Wildman–Crippen MR) is 82.4 cm³/mol. The maximum absolute atomic E-state index is 9.11. The first-order chi connectivity index (χ1) is 9.55. The van der Waals surface area contributed by atoms with Gasteiger partial charge < -0.3 is 9.88 Å². The summed E-state index contributed by atoms with van der Waals surface area (Å²) in [5.41, 5.74) is 2.75. The number of hydrogen-bond acceptors (Lipinski definition) is 2. The van der Waals surface area contributed by atoms with Crippen molar-refractivity contribution in [2.45, 2.75) is 65.5 Å². The van der Waals surface area contributed by atoms with Crippen LogP contribution in [0, 0.1) is 16.7 Å². The fourth-order valence-corrected chi connectivity index (χ4v) is 2.97. The third-order valence-corrected chi connectivity index (χ3v) is 4.31. The Morgan fingerprint density at radius 2 is 2.20 bits per heavy atom. The van der Waals surface area contributed by atoms with E-state index in [0.717, 1.165) is 19.5 Å². The molecule has 1 unspecified atom stereocenters. The van der Waals surface area contributed by atoms with Gasteiger partial charge in [0.15, 0.2) is 0 Å². The monoisotopic (exact) mass is 273 g/mol. The van der Waals surface area contributed by atoms with Crippen LogP contribution < -0.4 is 5.32 Å². The molecule has 110 valence electrons. The summed E-state index contributed by atoms with van der Waals surface area (Å²) < 4.78 is 2.29. The molecule has 0 aliphatic heterocycles. The van der Waals surface area contributed by atoms with Crippen molar-refractivity contribution < 1.29 is 0 Å². The second-order valence-corrected chi connectivity index (χ2v) is 6.58. The predicted octanol–water partition coefficient (Wildman–Crippen LogP) is 3.80. The SMILES string of the molecule is CCNC1CCCCc2cn(CCC(C)(C)C#N)cc21. The minimum absolute atomic E-state index is 0.233. The smallest absolute Gasteiger partial charge is 0.0684 e. The van der Waals surface area contributed by atoms with Crippen molar-refractivity contribution in [3.63, 3.8) is 0 Å². The Kier molecular flexibility index (Phi) is 4.88. The minimum atomic E-state index is -0.233. The number of hydrogen-bond donors (Lipinski definition) is 1. The van der Waals surface area contributed by atoms with Gasteiger partial charge in [-0.3, -0.25) is 0 Å². The third kappa shape index (κ3) is 3.64. The van der Waals surface area contributed by atoms with E-state index in [1.54, 1.807) is 0 Å². The molecule has 1 atom stereocenters. The molecule has 3 nitrogen and oxygen atoms in total. The number of nitrogens with one attached hydrogen (secondary N) is 1. The topological polar surface area (TPSA) is 40.8 Å². The van der Waals surface area contributed by atoms with E-state index in [1.165, 1.54) is 36.8 Å². The Labute approximate surface area is 123 Å². The molecule has 1 aromatic heterocycles. The summed E-state index contributed by atoms with van der Waals surface area (Å²) in [6.07, 6.45) is 10.6. The summed E-state index contributed by atoms with van der Waals surface area (Å²) in [5, 5.41) is 12.7. The quantitative estimate of drug-likeness (QED) is 0.829. The molecule has 0 fully saturated rings. The normalized spacial score (nSPS) is 19.2. The van der Waals surface area contributed by atoms with Crippen molar-refractivity contribution in [1.82, 2.24) is 9.88 Å². The lowest BCUT2D eigenvalue weighted by Crippen LogP contribution is -2.20. The molecule has 3 heteroatoms. The highest BCUT2D eigenvalue weighted by Crippen LogP contribution is 2.30. The molecule has 0 bridgehead atoms. The Hall–Kier alpha value is -1.27. The lowest BCUT2D eigenvalue weighted by atomic mass is 9.91. The van der Waals surface area contributed by atoms with Crippen LogP contribution in [0.5, 0.6) is 0 Å². The summed E-state index contributed by atoms with van der Waals surface area (Å²) >= 11 is 0. The van der Waals surface area contributed by atoms with Crippen LogP contribution in [0.25, 0.3) is 0 Å². The van der Waals surface area contributed by atoms with Gasteiger partial charge in [-0.25, -0.2) is 0 Å². The Morgan fingerprint density at radius 3 is 2.90 bits per heavy atom. The maximum atomic E-state index is 9.11. The number of aromatic nitrogens is 1. The zero-order chi connectivity index (χ0) is 14.6. The molecule has 0 saturated heterocycles. The Balaban J connectivity index is 2.11. The molecule has 0 amide bonds. The van der Waals surface area contributed by atoms with Gasteiger partial charge in [0.25, 0.3) is 0 Å². The molecule has 20 heavy (non-hydrogen) atoms. The molecule has 0 saturated carbocycles. The van der Waals surface area contributed by atoms with Crippen molar-refractivity contribution in [3.05, 3.63) is 23.5 Å². The van der Waals surface area contributed by atoms with Gasteiger partial charge in [-0.2, -0.15) is 5.26 Å². The number of rotatable bonds is 5. The molecule has 0 radical (unpaired) electrons. The van der Waals surface area contributed by atoms with Gasteiger partial charge in [0.2, 0.25) is 0 Å². The van der Waals surface area contributed by atoms with Gasteiger partial charge >= 0.3 is 0 Å². The van der Waals surface area contributed by atoms with Gasteiger partial charge in [0, 0.05) is 25.0 Å². The summed E-state index contributed by atoms with van der Waals surface area (Å²) in [6.45, 7) is 8.17. The van der Waals surface area contributed by atoms with Crippen molar-refractivity contribution >= 4 is 0 Å². The van der Waals surface area contributed by atoms with Crippen LogP contribution in [0.15, 0.2) is 12.4 Å². The first-order valence-corrected chi connectivity index (χ1v) is 7.89. The van der Waals surface area contributed by atoms with Gasteiger partial charge in [-0.1, -0.05) is 13.3 Å². The van der Waals surface area contributed by atoms with E-state index < -0.39 is 0 Å². The lowest BCUT2D eigenvalue weighted by molar-refractivity contribution is 0.412. The molecule has 1 aliphatic rings. The average molecular weight is 273 g/mol. The van der Waals surface area contributed by atoms with Crippen molar-refractivity contribution in [3.8, 4) is 6.07 Å². The molecule has 2 rings (SSSR count). The van der Waals surface area contributed by atoms with Gasteiger partial charge in [-0.05, 0) is 57.2 Å². The Bertz CT molecular complexity index is 479. The standard InChI is InChI=1S/C17H27N3/c1-4-19-16-8-6-5-7-14-11-20(12-15(14)16)10-9-17(2,3)13-18/h11-12,16,19H,4-10H2,1-3H3. The third-order valence-electron chi connectivity index (χ3n) is 4.31. The molecule has 0 spiro atoms. The van der Waals surface area contributed by atoms with Gasteiger partial charge in [0.05, 0.1) is 11.5 Å². The van der Waals surface area contributed by atoms with Crippen LogP contribution in [-0.2, 0) is 13.0 Å². The van der Waals surface area contributed by atoms with Crippen LogP contribution in [0.2, 0.25) is 0 Å². The maximum Gasteiger partial charge on any atom is 0.0684 e. The molecule has 0 aromatic carbocycles. The fraction of sp³-hybridized carbons (Fsp3) is 0.706. The van der Waals surface area contributed by atoms with Crippen LogP contribution in [0.1, 0.15) is 63.6 Å². The van der Waals surface area contributed by atoms with Crippen LogP contribution in [-0.4, -0.2) is 11.1 Å². The summed E-state index contributed by atoms with van der Waals surface area (Å²) in [5.74, 6) is 0. The zero-order valence-electron chi connectivity index (χ0n) is 13.1. The van der Waals surface area contributed by atoms with E-state index >= 15 is 0 Å². The first kappa shape index (κ1) is 15.1. The molecular formula is C17H27N3. The molecular weight excluding hydrogens is 246 g/mol. The zero-order valence-corrected chi connectivity index (χ0v) is 13.1. The lowest BCUT2D eigenvalue weighted by Gasteiger charge is -2.16. The van der Waals surface area contributed by atoms with Crippen molar-refractivity contribution in [1.29, 1.82) is 5.26 Å². The second-order valence-electron chi connectivity index (χ2n) is 6.58. The number of nitrogens with zero attached hydrogens (tertiary/aromatic N) is 2. The average Bonchev–Trinajstić information content (AvgIpc) is 2.75. The van der Waals surface area contributed by atoms with Crippen molar-refractivity contribution in [2.75, 3.05) is 6.54 Å². The van der Waals surface area contributed by atoms with Gasteiger partial charge in [-0.15, -0.1) is 0 Å². The molecule has 1 N–H and O–H groups in total. The van der Waals surface area contributed by atoms with E-state index in [0.29, 0.717) is 6.04 Å². The van der Waals surface area contributed by atoms with E-state index in [4.69, 9.17) is 5.26 Å². The minimum Gasteiger partial charge on any atom is -0.354 e. The van der Waals surface area contributed by atoms with Crippen molar-refractivity contribution in [2.24, 2.45) is 5.41 Å². The number of nitriles is 1. The Morgan fingerprint density at radius 1 is 1.40 bits per heavy atom. The van der Waals surface area contributed by atoms with Gasteiger partial charge in [0.1, 0.15) is 0 Å². The summed E-state index contributed by atoms with van der Waals surface area (Å²) in [7, 11) is 0. The molecule has 1 heterocycles. The number of aryl methyl sites for hydroxylation is 2. The van der Waals surface area contributed by atoms with Crippen LogP contribution in [0.4, 0.5) is 0 Å². The highest BCUT2D eigenvalue weighted by molar-refractivity contribution is 5.29. The molecule has 1 aromatic rings. The van der Waals surface area contributed by atoms with Crippen LogP contribution in [0.3, 0.4) is 0 Å². The van der Waals surface area contributed by atoms with Crippen LogP contribution >= 0.6 is 0 Å². The second kappa shape index (κ2) is 6.45. The van der Waals surface area contributed by atoms with E-state index in [9.17, 15) is 0 Å². The first-order valence-electron chi connectivity index (χ1n) is 7.89. The summed E-state index contributed by atoms with van der Waals surface area (Å²) in [6, 6.07) is 2.90. The fourth-order valence-electron chi connectivity index (χ4n) is 2.97. The summed E-state index contributed by atoms with van der Waals surface area (Å²) in [4.78, 5) is 0. The molecule has 1 aliphatic carbocycles. The highest BCUT2D eigenvalue weighted by atomic mass is 15.0.